The van der Waals surface area contributed by atoms with E-state index in [1.165, 1.54) is 11.8 Å². The van der Waals surface area contributed by atoms with Gasteiger partial charge in [0.2, 0.25) is 28.6 Å². The summed E-state index contributed by atoms with van der Waals surface area (Å²) in [7, 11) is -3.82. The molecule has 2 amide bonds. The van der Waals surface area contributed by atoms with E-state index in [-0.39, 0.29) is 30.7 Å². The highest BCUT2D eigenvalue weighted by molar-refractivity contribution is 7.92. The average molecular weight is 518 g/mol. The monoisotopic (exact) mass is 517 g/mol. The minimum absolute atomic E-state index is 0.0446. The van der Waals surface area contributed by atoms with Crippen LogP contribution in [0.2, 0.25) is 0 Å². The third kappa shape index (κ3) is 6.69. The van der Waals surface area contributed by atoms with Crippen LogP contribution in [0.1, 0.15) is 45.7 Å². The van der Waals surface area contributed by atoms with Gasteiger partial charge in [-0.05, 0) is 59.2 Å². The Hall–Kier alpha value is -3.27. The number of amides is 2. The van der Waals surface area contributed by atoms with Crippen LogP contribution in [0.3, 0.4) is 0 Å². The smallest absolute Gasteiger partial charge is 0.244 e. The summed E-state index contributed by atoms with van der Waals surface area (Å²) in [4.78, 5) is 28.2. The van der Waals surface area contributed by atoms with Gasteiger partial charge < -0.3 is 19.7 Å². The first-order chi connectivity index (χ1) is 16.8. The zero-order chi connectivity index (χ0) is 26.7. The Labute approximate surface area is 213 Å². The number of hydrogen-bond donors (Lipinski definition) is 1. The summed E-state index contributed by atoms with van der Waals surface area (Å²) in [5.74, 6) is -0.107. The number of aryl methyl sites for hydroxylation is 1. The molecule has 9 nitrogen and oxygen atoms in total. The zero-order valence-corrected chi connectivity index (χ0v) is 22.5. The van der Waals surface area contributed by atoms with Gasteiger partial charge >= 0.3 is 0 Å². The van der Waals surface area contributed by atoms with Crippen molar-refractivity contribution >= 4 is 27.5 Å². The van der Waals surface area contributed by atoms with Gasteiger partial charge in [0.05, 0.1) is 11.4 Å². The highest BCUT2D eigenvalue weighted by atomic mass is 32.2. The number of nitrogens with zero attached hydrogens (tertiary/aromatic N) is 2. The van der Waals surface area contributed by atoms with Gasteiger partial charge in [0.25, 0.3) is 0 Å². The Kier molecular flexibility index (Phi) is 8.18. The molecule has 0 fully saturated rings. The normalized spacial score (nSPS) is 13.7. The van der Waals surface area contributed by atoms with Crippen molar-refractivity contribution in [2.45, 2.75) is 59.7 Å². The van der Waals surface area contributed by atoms with Crippen molar-refractivity contribution in [2.75, 3.05) is 23.4 Å². The number of rotatable bonds is 9. The van der Waals surface area contributed by atoms with Gasteiger partial charge in [0.1, 0.15) is 12.6 Å². The lowest BCUT2D eigenvalue weighted by Crippen LogP contribution is -2.54. The highest BCUT2D eigenvalue weighted by Gasteiger charge is 2.32. The summed E-state index contributed by atoms with van der Waals surface area (Å²) in [6, 6.07) is 11.5. The summed E-state index contributed by atoms with van der Waals surface area (Å²) in [6.07, 6.45) is 0. The standard InChI is InChI=1S/C26H35N3O6S/c1-7-36(32,33)29(21-11-12-22-23(14-21)35-17-34-22)16-24(30)28(15-20-10-8-9-18(2)13-20)19(3)25(31)27-26(4,5)6/h8-14,19H,7,15-17H2,1-6H3,(H,27,31)/t19-/m1/s1. The van der Waals surface area contributed by atoms with Crippen LogP contribution in [0, 0.1) is 6.92 Å². The molecule has 0 spiro atoms. The molecule has 0 aliphatic carbocycles. The molecular formula is C26H35N3O6S. The number of anilines is 1. The lowest BCUT2D eigenvalue weighted by molar-refractivity contribution is -0.140. The van der Waals surface area contributed by atoms with Gasteiger partial charge in [0, 0.05) is 18.2 Å². The van der Waals surface area contributed by atoms with Crippen LogP contribution in [0.4, 0.5) is 5.69 Å². The zero-order valence-electron chi connectivity index (χ0n) is 21.7. The molecule has 0 unspecified atom stereocenters. The number of benzene rings is 2. The maximum absolute atomic E-state index is 13.7. The molecule has 1 N–H and O–H groups in total. The minimum Gasteiger partial charge on any atom is -0.454 e. The summed E-state index contributed by atoms with van der Waals surface area (Å²) >= 11 is 0. The van der Waals surface area contributed by atoms with Crippen molar-refractivity contribution in [1.29, 1.82) is 0 Å². The second-order valence-electron chi connectivity index (χ2n) is 9.87. The van der Waals surface area contributed by atoms with E-state index in [1.54, 1.807) is 25.1 Å². The molecule has 1 aliphatic rings. The quantitative estimate of drug-likeness (QED) is 0.548. The van der Waals surface area contributed by atoms with Crippen molar-refractivity contribution in [1.82, 2.24) is 10.2 Å². The molecule has 0 bridgehead atoms. The van der Waals surface area contributed by atoms with Crippen molar-refractivity contribution in [2.24, 2.45) is 0 Å². The van der Waals surface area contributed by atoms with Gasteiger partial charge in [-0.25, -0.2) is 8.42 Å². The predicted molar refractivity (Wildman–Crippen MR) is 138 cm³/mol. The van der Waals surface area contributed by atoms with Crippen LogP contribution in [-0.2, 0) is 26.2 Å². The molecule has 0 radical (unpaired) electrons. The fourth-order valence-electron chi connectivity index (χ4n) is 3.82. The molecule has 2 aromatic carbocycles. The lowest BCUT2D eigenvalue weighted by Gasteiger charge is -2.33. The maximum atomic E-state index is 13.7. The van der Waals surface area contributed by atoms with E-state index in [1.807, 2.05) is 52.0 Å². The van der Waals surface area contributed by atoms with Crippen LogP contribution in [0.15, 0.2) is 42.5 Å². The Morgan fingerprint density at radius 2 is 1.78 bits per heavy atom. The Morgan fingerprint density at radius 3 is 2.42 bits per heavy atom. The molecule has 0 saturated heterocycles. The third-order valence-corrected chi connectivity index (χ3v) is 7.47. The van der Waals surface area contributed by atoms with E-state index in [0.717, 1.165) is 15.4 Å². The van der Waals surface area contributed by atoms with E-state index < -0.39 is 34.1 Å². The van der Waals surface area contributed by atoms with Crippen molar-refractivity contribution in [3.05, 3.63) is 53.6 Å². The number of hydrogen-bond acceptors (Lipinski definition) is 6. The summed E-state index contributed by atoms with van der Waals surface area (Å²) < 4.78 is 37.9. The van der Waals surface area contributed by atoms with Gasteiger partial charge in [-0.2, -0.15) is 0 Å². The summed E-state index contributed by atoms with van der Waals surface area (Å²) in [5.41, 5.74) is 1.65. The highest BCUT2D eigenvalue weighted by Crippen LogP contribution is 2.36. The maximum Gasteiger partial charge on any atom is 0.244 e. The largest absolute Gasteiger partial charge is 0.454 e. The predicted octanol–water partition coefficient (Wildman–Crippen LogP) is 3.21. The first-order valence-corrected chi connectivity index (χ1v) is 13.5. The van der Waals surface area contributed by atoms with Gasteiger partial charge in [-0.3, -0.25) is 13.9 Å². The number of sulfonamides is 1. The topological polar surface area (TPSA) is 105 Å². The van der Waals surface area contributed by atoms with E-state index in [0.29, 0.717) is 11.5 Å². The molecule has 1 aliphatic heterocycles. The Morgan fingerprint density at radius 1 is 1.08 bits per heavy atom. The molecule has 1 atom stereocenters. The average Bonchev–Trinajstić information content (AvgIpc) is 3.27. The number of fused-ring (bicyclic) bond motifs is 1. The molecular weight excluding hydrogens is 482 g/mol. The van der Waals surface area contributed by atoms with Gasteiger partial charge in [0.15, 0.2) is 11.5 Å². The van der Waals surface area contributed by atoms with E-state index in [4.69, 9.17) is 9.47 Å². The van der Waals surface area contributed by atoms with Crippen LogP contribution in [0.25, 0.3) is 0 Å². The van der Waals surface area contributed by atoms with E-state index in [9.17, 15) is 18.0 Å². The second-order valence-corrected chi connectivity index (χ2v) is 12.1. The number of carbonyl (C=O) groups excluding carboxylic acids is 2. The number of carbonyl (C=O) groups is 2. The van der Waals surface area contributed by atoms with Crippen LogP contribution in [0.5, 0.6) is 11.5 Å². The molecule has 0 saturated carbocycles. The van der Waals surface area contributed by atoms with Crippen LogP contribution in [-0.4, -0.2) is 55.8 Å². The van der Waals surface area contributed by atoms with Gasteiger partial charge in [-0.15, -0.1) is 0 Å². The molecule has 36 heavy (non-hydrogen) atoms. The van der Waals surface area contributed by atoms with Crippen LogP contribution >= 0.6 is 0 Å². The molecule has 10 heteroatoms. The summed E-state index contributed by atoms with van der Waals surface area (Å²) in [5, 5.41) is 2.91. The third-order valence-electron chi connectivity index (χ3n) is 5.72. The molecule has 2 aromatic rings. The Bertz CT molecular complexity index is 1220. The summed E-state index contributed by atoms with van der Waals surface area (Å²) in [6.45, 7) is 10.4. The fourth-order valence-corrected chi connectivity index (χ4v) is 4.88. The second kappa shape index (κ2) is 10.8. The Balaban J connectivity index is 1.95. The molecule has 0 aromatic heterocycles. The van der Waals surface area contributed by atoms with E-state index in [2.05, 4.69) is 5.32 Å². The van der Waals surface area contributed by atoms with Crippen molar-refractivity contribution in [3.8, 4) is 11.5 Å². The molecule has 1 heterocycles. The van der Waals surface area contributed by atoms with E-state index >= 15 is 0 Å². The SMILES string of the molecule is CCS(=O)(=O)N(CC(=O)N(Cc1cccc(C)c1)[C@H](C)C(=O)NC(C)(C)C)c1ccc2c(c1)OCO2. The van der Waals surface area contributed by atoms with Gasteiger partial charge in [-0.1, -0.05) is 29.8 Å². The minimum atomic E-state index is -3.82. The fraction of sp³-hybridized carbons (Fsp3) is 0.462. The first kappa shape index (κ1) is 27.3. The lowest BCUT2D eigenvalue weighted by atomic mass is 10.1. The van der Waals surface area contributed by atoms with Crippen molar-refractivity contribution < 1.29 is 27.5 Å². The number of nitrogens with one attached hydrogen (secondary N) is 1. The molecule has 196 valence electrons. The number of ether oxygens (including phenoxy) is 2. The molecule has 3 rings (SSSR count). The first-order valence-electron chi connectivity index (χ1n) is 11.9. The van der Waals surface area contributed by atoms with Crippen molar-refractivity contribution in [3.63, 3.8) is 0 Å². The van der Waals surface area contributed by atoms with Crippen LogP contribution < -0.4 is 19.1 Å².